The molecule has 0 saturated carbocycles. The second-order valence-electron chi connectivity index (χ2n) is 10.4. The number of carbonyl (C=O) groups is 3. The zero-order valence-corrected chi connectivity index (χ0v) is 22.6. The highest BCUT2D eigenvalue weighted by Gasteiger charge is 2.37. The first kappa shape index (κ1) is 26.9. The lowest BCUT2D eigenvalue weighted by Crippen LogP contribution is -2.37. The van der Waals surface area contributed by atoms with Crippen LogP contribution in [0.2, 0.25) is 0 Å². The highest BCUT2D eigenvalue weighted by molar-refractivity contribution is 6.18. The molecule has 0 atom stereocenters. The maximum absolute atomic E-state index is 13.5. The number of nitrogens with zero attached hydrogens (tertiary/aromatic N) is 1. The van der Waals surface area contributed by atoms with Gasteiger partial charge in [0.25, 0.3) is 5.91 Å². The van der Waals surface area contributed by atoms with E-state index in [1.165, 1.54) is 35.4 Å². The molecule has 2 heterocycles. The van der Waals surface area contributed by atoms with Crippen LogP contribution in [0.15, 0.2) is 79.0 Å². The van der Waals surface area contributed by atoms with Gasteiger partial charge >= 0.3 is 5.97 Å². The van der Waals surface area contributed by atoms with E-state index in [0.717, 1.165) is 22.0 Å². The SMILES string of the molecule is CCOC(=O)C1=CN(C(=O)c2ccc(F)cc2)CC(C)(C)c2c1[nH]c1ccc(NC(=O)Cc3ccccc3)cc21. The first-order valence-electron chi connectivity index (χ1n) is 13.1. The van der Waals surface area contributed by atoms with Gasteiger partial charge in [0.1, 0.15) is 5.82 Å². The van der Waals surface area contributed by atoms with Crippen molar-refractivity contribution in [3.63, 3.8) is 0 Å². The molecule has 2 N–H and O–H groups in total. The minimum Gasteiger partial charge on any atom is -0.462 e. The molecule has 4 aromatic rings. The summed E-state index contributed by atoms with van der Waals surface area (Å²) >= 11 is 0. The number of fused-ring (bicyclic) bond motifs is 3. The summed E-state index contributed by atoms with van der Waals surface area (Å²) < 4.78 is 18.9. The van der Waals surface area contributed by atoms with Gasteiger partial charge in [0.15, 0.2) is 0 Å². The van der Waals surface area contributed by atoms with Crippen LogP contribution in [0.3, 0.4) is 0 Å². The van der Waals surface area contributed by atoms with Gasteiger partial charge in [-0.2, -0.15) is 0 Å². The molecule has 1 aliphatic heterocycles. The van der Waals surface area contributed by atoms with Gasteiger partial charge in [0, 0.05) is 40.3 Å². The van der Waals surface area contributed by atoms with Gasteiger partial charge in [0.05, 0.1) is 24.3 Å². The van der Waals surface area contributed by atoms with Crippen LogP contribution in [0, 0.1) is 5.82 Å². The number of H-pyrrole nitrogens is 1. The number of rotatable bonds is 6. The van der Waals surface area contributed by atoms with Crippen LogP contribution in [-0.4, -0.2) is 40.8 Å². The molecular weight excluding hydrogens is 509 g/mol. The predicted octanol–water partition coefficient (Wildman–Crippen LogP) is 5.83. The minimum absolute atomic E-state index is 0.144. The normalized spacial score (nSPS) is 14.2. The third kappa shape index (κ3) is 5.38. The van der Waals surface area contributed by atoms with Crippen molar-refractivity contribution in [3.05, 3.63) is 107 Å². The third-order valence-corrected chi connectivity index (χ3v) is 6.93. The average Bonchev–Trinajstić information content (AvgIpc) is 3.25. The zero-order chi connectivity index (χ0) is 28.4. The van der Waals surface area contributed by atoms with Crippen LogP contribution >= 0.6 is 0 Å². The summed E-state index contributed by atoms with van der Waals surface area (Å²) in [6.07, 6.45) is 1.75. The Labute approximate surface area is 231 Å². The largest absolute Gasteiger partial charge is 0.462 e. The number of carbonyl (C=O) groups excluding carboxylic acids is 3. The first-order valence-corrected chi connectivity index (χ1v) is 13.1. The average molecular weight is 540 g/mol. The lowest BCUT2D eigenvalue weighted by Gasteiger charge is -2.29. The van der Waals surface area contributed by atoms with Crippen molar-refractivity contribution in [2.24, 2.45) is 0 Å². The molecule has 2 amide bonds. The van der Waals surface area contributed by atoms with Crippen molar-refractivity contribution >= 4 is 39.9 Å². The fourth-order valence-electron chi connectivity index (χ4n) is 5.18. The van der Waals surface area contributed by atoms with Gasteiger partial charge in [-0.25, -0.2) is 9.18 Å². The van der Waals surface area contributed by atoms with E-state index in [1.54, 1.807) is 6.92 Å². The molecule has 8 heteroatoms. The molecular formula is C32H30FN3O4. The Kier molecular flexibility index (Phi) is 7.26. The summed E-state index contributed by atoms with van der Waals surface area (Å²) in [5, 5.41) is 3.80. The van der Waals surface area contributed by atoms with Crippen molar-refractivity contribution in [1.29, 1.82) is 0 Å². The molecule has 0 spiro atoms. The monoisotopic (exact) mass is 539 g/mol. The zero-order valence-electron chi connectivity index (χ0n) is 22.6. The standard InChI is InChI=1S/C32H30FN3O4/c1-4-40-31(39)25-18-36(30(38)21-10-12-22(33)13-11-21)19-32(2,3)28-24-17-23(14-15-26(24)35-29(25)28)34-27(37)16-20-8-6-5-7-9-20/h5-15,17-18,35H,4,16,19H2,1-3H3,(H,34,37). The molecule has 0 saturated heterocycles. The summed E-state index contributed by atoms with van der Waals surface area (Å²) in [6, 6.07) is 20.4. The Morgan fingerprint density at radius 1 is 1.02 bits per heavy atom. The number of esters is 1. The van der Waals surface area contributed by atoms with E-state index in [0.29, 0.717) is 16.9 Å². The molecule has 1 aliphatic rings. The Hall–Kier alpha value is -4.72. The molecule has 0 bridgehead atoms. The number of halogens is 1. The summed E-state index contributed by atoms with van der Waals surface area (Å²) in [7, 11) is 0. The van der Waals surface area contributed by atoms with E-state index in [-0.39, 0.29) is 37.0 Å². The Morgan fingerprint density at radius 3 is 2.45 bits per heavy atom. The number of amides is 2. The molecule has 1 aromatic heterocycles. The lowest BCUT2D eigenvalue weighted by atomic mass is 9.81. The van der Waals surface area contributed by atoms with Crippen molar-refractivity contribution < 1.29 is 23.5 Å². The van der Waals surface area contributed by atoms with E-state index in [1.807, 2.05) is 62.4 Å². The molecule has 5 rings (SSSR count). The number of hydrogen-bond acceptors (Lipinski definition) is 4. The number of ether oxygens (including phenoxy) is 1. The minimum atomic E-state index is -0.624. The van der Waals surface area contributed by atoms with E-state index in [4.69, 9.17) is 4.74 Å². The van der Waals surface area contributed by atoms with E-state index >= 15 is 0 Å². The lowest BCUT2D eigenvalue weighted by molar-refractivity contribution is -0.136. The van der Waals surface area contributed by atoms with Crippen LogP contribution in [0.25, 0.3) is 16.5 Å². The maximum atomic E-state index is 13.5. The van der Waals surface area contributed by atoms with Crippen molar-refractivity contribution in [2.45, 2.75) is 32.6 Å². The van der Waals surface area contributed by atoms with Crippen LogP contribution in [-0.2, 0) is 26.2 Å². The van der Waals surface area contributed by atoms with E-state index in [2.05, 4.69) is 10.3 Å². The number of aromatic amines is 1. The topological polar surface area (TPSA) is 91.5 Å². The Balaban J connectivity index is 1.55. The Morgan fingerprint density at radius 2 is 1.75 bits per heavy atom. The number of anilines is 1. The molecule has 3 aromatic carbocycles. The van der Waals surface area contributed by atoms with Gasteiger partial charge in [-0.1, -0.05) is 44.2 Å². The highest BCUT2D eigenvalue weighted by Crippen LogP contribution is 2.41. The van der Waals surface area contributed by atoms with Gasteiger partial charge in [0.2, 0.25) is 5.91 Å². The van der Waals surface area contributed by atoms with Gasteiger partial charge in [-0.05, 0) is 60.5 Å². The second kappa shape index (κ2) is 10.8. The molecule has 204 valence electrons. The molecule has 40 heavy (non-hydrogen) atoms. The smallest absolute Gasteiger partial charge is 0.341 e. The number of hydrogen-bond donors (Lipinski definition) is 2. The van der Waals surface area contributed by atoms with Crippen molar-refractivity contribution in [3.8, 4) is 0 Å². The van der Waals surface area contributed by atoms with Crippen LogP contribution < -0.4 is 5.32 Å². The quantitative estimate of drug-likeness (QED) is 0.302. The summed E-state index contributed by atoms with van der Waals surface area (Å²) in [5.41, 5.74) is 3.59. The maximum Gasteiger partial charge on any atom is 0.341 e. The van der Waals surface area contributed by atoms with Gasteiger partial charge in [-0.15, -0.1) is 0 Å². The molecule has 7 nitrogen and oxygen atoms in total. The number of benzene rings is 3. The summed E-state index contributed by atoms with van der Waals surface area (Å²) in [4.78, 5) is 44.3. The Bertz CT molecular complexity index is 1620. The van der Waals surface area contributed by atoms with Gasteiger partial charge < -0.3 is 19.9 Å². The summed E-state index contributed by atoms with van der Waals surface area (Å²) in [5.74, 6) is -1.52. The highest BCUT2D eigenvalue weighted by atomic mass is 19.1. The van der Waals surface area contributed by atoms with E-state index in [9.17, 15) is 18.8 Å². The number of nitrogens with one attached hydrogen (secondary N) is 2. The third-order valence-electron chi connectivity index (χ3n) is 6.93. The van der Waals surface area contributed by atoms with Crippen molar-refractivity contribution in [2.75, 3.05) is 18.5 Å². The van der Waals surface area contributed by atoms with Crippen LogP contribution in [0.4, 0.5) is 10.1 Å². The molecule has 0 aliphatic carbocycles. The molecule has 0 fully saturated rings. The molecule has 0 unspecified atom stereocenters. The molecule has 0 radical (unpaired) electrons. The predicted molar refractivity (Wildman–Crippen MR) is 152 cm³/mol. The van der Waals surface area contributed by atoms with Crippen LogP contribution in [0.1, 0.15) is 48.0 Å². The number of aromatic nitrogens is 1. The van der Waals surface area contributed by atoms with Gasteiger partial charge in [-0.3, -0.25) is 9.59 Å². The van der Waals surface area contributed by atoms with Crippen molar-refractivity contribution in [1.82, 2.24) is 9.88 Å². The summed E-state index contributed by atoms with van der Waals surface area (Å²) in [6.45, 7) is 6.12. The fourth-order valence-corrected chi connectivity index (χ4v) is 5.18. The second-order valence-corrected chi connectivity index (χ2v) is 10.4. The van der Waals surface area contributed by atoms with Crippen LogP contribution in [0.5, 0.6) is 0 Å². The first-order chi connectivity index (χ1) is 19.2. The van der Waals surface area contributed by atoms with E-state index < -0.39 is 17.2 Å². The fraction of sp³-hybridized carbons (Fsp3) is 0.219.